The van der Waals surface area contributed by atoms with Crippen molar-refractivity contribution in [3.8, 4) is 40.1 Å². The van der Waals surface area contributed by atoms with Crippen molar-refractivity contribution in [1.29, 1.82) is 0 Å². The lowest BCUT2D eigenvalue weighted by molar-refractivity contribution is -0.277. The lowest BCUT2D eigenvalue weighted by Crippen LogP contribution is -2.60. The Morgan fingerprint density at radius 3 is 1.80 bits per heavy atom. The monoisotopic (exact) mass is 626 g/mol. The van der Waals surface area contributed by atoms with Crippen LogP contribution >= 0.6 is 0 Å². The van der Waals surface area contributed by atoms with Gasteiger partial charge in [-0.3, -0.25) is 4.79 Å². The summed E-state index contributed by atoms with van der Waals surface area (Å²) >= 11 is 0. The molecule has 17 heteroatoms. The van der Waals surface area contributed by atoms with Gasteiger partial charge in [-0.25, -0.2) is 0 Å². The highest BCUT2D eigenvalue weighted by Crippen LogP contribution is 2.40. The summed E-state index contributed by atoms with van der Waals surface area (Å²) in [5, 5.41) is 110. The highest BCUT2D eigenvalue weighted by Gasteiger charge is 2.46. The second-order valence-electron chi connectivity index (χ2n) is 10.2. The zero-order chi connectivity index (χ0) is 32.0. The van der Waals surface area contributed by atoms with Crippen LogP contribution in [0.4, 0.5) is 0 Å². The largest absolute Gasteiger partial charge is 0.508 e. The van der Waals surface area contributed by atoms with E-state index in [2.05, 4.69) is 0 Å². The molecule has 2 fully saturated rings. The number of phenols is 3. The Bertz CT molecular complexity index is 1550. The van der Waals surface area contributed by atoms with Gasteiger partial charge in [0.25, 0.3) is 0 Å². The zero-order valence-corrected chi connectivity index (χ0v) is 22.4. The van der Waals surface area contributed by atoms with Crippen LogP contribution in [0.3, 0.4) is 0 Å². The van der Waals surface area contributed by atoms with Crippen molar-refractivity contribution in [2.45, 2.75) is 61.4 Å². The number of rotatable bonds is 7. The third-order valence-electron chi connectivity index (χ3n) is 7.31. The van der Waals surface area contributed by atoms with Gasteiger partial charge in [-0.2, -0.15) is 0 Å². The second kappa shape index (κ2) is 12.3. The van der Waals surface area contributed by atoms with Crippen LogP contribution in [0, 0.1) is 0 Å². The molecule has 2 aromatic carbocycles. The molecule has 0 radical (unpaired) electrons. The summed E-state index contributed by atoms with van der Waals surface area (Å²) in [6, 6.07) is 5.19. The number of hydrogen-bond donors (Lipinski definition) is 11. The molecule has 0 spiro atoms. The summed E-state index contributed by atoms with van der Waals surface area (Å²) in [4.78, 5) is 14.1. The summed E-state index contributed by atoms with van der Waals surface area (Å²) in [6.07, 6.45) is -17.5. The van der Waals surface area contributed by atoms with Crippen LogP contribution in [0.1, 0.15) is 0 Å². The molecule has 44 heavy (non-hydrogen) atoms. The van der Waals surface area contributed by atoms with Crippen LogP contribution in [0.2, 0.25) is 0 Å². The second-order valence-corrected chi connectivity index (χ2v) is 10.2. The first-order valence-corrected chi connectivity index (χ1v) is 13.2. The summed E-state index contributed by atoms with van der Waals surface area (Å²) < 4.78 is 27.8. The van der Waals surface area contributed by atoms with E-state index in [4.69, 9.17) is 23.4 Å². The number of phenolic OH excluding ortho intramolecular Hbond substituents is 3. The Hall–Kier alpha value is -3.75. The van der Waals surface area contributed by atoms with E-state index in [9.17, 15) is 61.0 Å². The Morgan fingerprint density at radius 2 is 1.25 bits per heavy atom. The van der Waals surface area contributed by atoms with Gasteiger partial charge in [0.15, 0.2) is 17.3 Å². The average Bonchev–Trinajstić information content (AvgIpc) is 2.99. The molecule has 2 aliphatic rings. The first-order chi connectivity index (χ1) is 20.9. The number of ether oxygens (including phenoxy) is 4. The van der Waals surface area contributed by atoms with Crippen LogP contribution in [0.5, 0.6) is 28.7 Å². The van der Waals surface area contributed by atoms with Gasteiger partial charge in [-0.15, -0.1) is 0 Å². The van der Waals surface area contributed by atoms with Crippen LogP contribution in [-0.4, -0.2) is 131 Å². The number of fused-ring (bicyclic) bond motifs is 1. The minimum Gasteiger partial charge on any atom is -0.508 e. The van der Waals surface area contributed by atoms with E-state index in [0.717, 1.165) is 24.3 Å². The molecule has 5 rings (SSSR count). The molecule has 0 bridgehead atoms. The smallest absolute Gasteiger partial charge is 0.239 e. The van der Waals surface area contributed by atoms with Crippen molar-refractivity contribution in [2.24, 2.45) is 0 Å². The average molecular weight is 627 g/mol. The molecule has 3 aromatic rings. The molecule has 17 nitrogen and oxygen atoms in total. The van der Waals surface area contributed by atoms with Crippen molar-refractivity contribution in [3.63, 3.8) is 0 Å². The molecule has 2 saturated heterocycles. The van der Waals surface area contributed by atoms with Crippen LogP contribution in [0.15, 0.2) is 39.5 Å². The molecule has 3 heterocycles. The molecular formula is C27H30O17. The maximum absolute atomic E-state index is 14.1. The van der Waals surface area contributed by atoms with E-state index in [-0.39, 0.29) is 11.1 Å². The lowest BCUT2D eigenvalue weighted by atomic mass is 9.99. The van der Waals surface area contributed by atoms with Crippen LogP contribution < -0.4 is 14.9 Å². The van der Waals surface area contributed by atoms with Crippen molar-refractivity contribution < 1.29 is 79.5 Å². The molecule has 11 N–H and O–H groups in total. The van der Waals surface area contributed by atoms with E-state index in [1.165, 1.54) is 6.07 Å². The maximum atomic E-state index is 14.1. The van der Waals surface area contributed by atoms with Gasteiger partial charge >= 0.3 is 0 Å². The summed E-state index contributed by atoms with van der Waals surface area (Å²) in [7, 11) is 0. The van der Waals surface area contributed by atoms with Crippen LogP contribution in [-0.2, 0) is 9.47 Å². The van der Waals surface area contributed by atoms with E-state index < -0.39 is 120 Å². The molecule has 0 unspecified atom stereocenters. The molecule has 10 atom stereocenters. The van der Waals surface area contributed by atoms with Gasteiger partial charge < -0.3 is 79.5 Å². The van der Waals surface area contributed by atoms with Crippen LogP contribution in [0.25, 0.3) is 22.3 Å². The Balaban J connectivity index is 1.66. The fourth-order valence-corrected chi connectivity index (χ4v) is 4.88. The van der Waals surface area contributed by atoms with Crippen molar-refractivity contribution in [2.75, 3.05) is 13.2 Å². The molecule has 2 aliphatic heterocycles. The predicted molar refractivity (Wildman–Crippen MR) is 142 cm³/mol. The predicted octanol–water partition coefficient (Wildman–Crippen LogP) is -3.07. The minimum atomic E-state index is -1.96. The quantitative estimate of drug-likeness (QED) is 0.116. The van der Waals surface area contributed by atoms with Crippen molar-refractivity contribution in [3.05, 3.63) is 40.6 Å². The van der Waals surface area contributed by atoms with Gasteiger partial charge in [-0.1, -0.05) is 0 Å². The molecule has 1 aromatic heterocycles. The van der Waals surface area contributed by atoms with Crippen molar-refractivity contribution >= 4 is 11.0 Å². The number of hydrogen-bond acceptors (Lipinski definition) is 17. The van der Waals surface area contributed by atoms with Gasteiger partial charge in [0, 0.05) is 17.7 Å². The third kappa shape index (κ3) is 5.61. The summed E-state index contributed by atoms with van der Waals surface area (Å²) in [6.45, 7) is -1.60. The van der Waals surface area contributed by atoms with E-state index in [1.807, 2.05) is 0 Å². The number of aliphatic hydroxyl groups is 8. The van der Waals surface area contributed by atoms with E-state index in [0.29, 0.717) is 0 Å². The molecular weight excluding hydrogens is 596 g/mol. The minimum absolute atomic E-state index is 0.0707. The van der Waals surface area contributed by atoms with Gasteiger partial charge in [-0.05, 0) is 18.2 Å². The Kier molecular flexibility index (Phi) is 8.87. The first-order valence-electron chi connectivity index (χ1n) is 13.2. The number of aromatic hydroxyl groups is 3. The SMILES string of the molecule is O=c1c(O[C@@H]2O[C@H](CO)[C@H](O)[C@H](O)[C@H]2O)c(-c2ccc(O)c(O)c2)oc2cc(O)cc(O[C@H]3O[C@H](CO)[C@H](O)[C@@H](O)[C@H]3O)c12. The molecule has 240 valence electrons. The first kappa shape index (κ1) is 31.7. The number of benzene rings is 2. The molecule has 0 saturated carbocycles. The van der Waals surface area contributed by atoms with Gasteiger partial charge in [0.2, 0.25) is 23.8 Å². The topological polar surface area (TPSA) is 290 Å². The maximum Gasteiger partial charge on any atom is 0.239 e. The highest BCUT2D eigenvalue weighted by atomic mass is 16.7. The normalized spacial score (nSPS) is 32.5. The summed E-state index contributed by atoms with van der Waals surface area (Å²) in [5.41, 5.74) is -1.51. The fraction of sp³-hybridized carbons (Fsp3) is 0.444. The number of aliphatic hydroxyl groups excluding tert-OH is 8. The van der Waals surface area contributed by atoms with Gasteiger partial charge in [0.1, 0.15) is 71.3 Å². The molecule has 0 aliphatic carbocycles. The van der Waals surface area contributed by atoms with E-state index in [1.54, 1.807) is 0 Å². The fourth-order valence-electron chi connectivity index (χ4n) is 4.88. The van der Waals surface area contributed by atoms with Crippen molar-refractivity contribution in [1.82, 2.24) is 0 Å². The summed E-state index contributed by atoms with van der Waals surface area (Å²) in [5.74, 6) is -3.37. The Morgan fingerprint density at radius 1 is 0.682 bits per heavy atom. The van der Waals surface area contributed by atoms with E-state index >= 15 is 0 Å². The Labute approximate surface area is 246 Å². The van der Waals surface area contributed by atoms with Gasteiger partial charge in [0.05, 0.1) is 13.2 Å². The highest BCUT2D eigenvalue weighted by molar-refractivity contribution is 5.88. The lowest BCUT2D eigenvalue weighted by Gasteiger charge is -2.39. The zero-order valence-electron chi connectivity index (χ0n) is 22.4. The third-order valence-corrected chi connectivity index (χ3v) is 7.31. The molecule has 0 amide bonds. The standard InChI is InChI=1S/C27H30O17/c28-6-14-17(33)20(36)22(38)26(42-14)41-13-5-9(30)4-12-16(13)19(35)25(24(40-12)8-1-2-10(31)11(32)3-8)44-27-23(39)21(37)18(34)15(7-29)43-27/h1-5,14-15,17-18,20-23,26-34,36-39H,6-7H2/t14-,15-,17+,18+,20-,21+,22-,23-,26+,27+/m1/s1.